The van der Waals surface area contributed by atoms with Gasteiger partial charge in [0, 0.05) is 10.6 Å². The van der Waals surface area contributed by atoms with Crippen molar-refractivity contribution < 1.29 is 9.53 Å². The normalized spacial score (nSPS) is 23.9. The third kappa shape index (κ3) is 3.82. The second kappa shape index (κ2) is 6.35. The van der Waals surface area contributed by atoms with E-state index >= 15 is 0 Å². The first kappa shape index (κ1) is 13.6. The fraction of sp³-hybridized carbons (Fsp3) is 0.533. The van der Waals surface area contributed by atoms with Crippen LogP contribution >= 0.6 is 11.6 Å². The van der Waals surface area contributed by atoms with E-state index in [0.717, 1.165) is 18.8 Å². The minimum absolute atomic E-state index is 0.0103. The van der Waals surface area contributed by atoms with Gasteiger partial charge in [0.2, 0.25) is 0 Å². The van der Waals surface area contributed by atoms with E-state index in [4.69, 9.17) is 16.3 Å². The Hall–Kier alpha value is -0.860. The molecule has 0 bridgehead atoms. The van der Waals surface area contributed by atoms with Crippen molar-refractivity contribution in [2.75, 3.05) is 6.61 Å². The molecule has 0 unspecified atom stereocenters. The van der Waals surface area contributed by atoms with Crippen molar-refractivity contribution in [1.29, 1.82) is 0 Å². The summed E-state index contributed by atoms with van der Waals surface area (Å²) < 4.78 is 5.69. The number of benzene rings is 1. The molecule has 2 nitrogen and oxygen atoms in total. The van der Waals surface area contributed by atoms with Gasteiger partial charge < -0.3 is 4.74 Å². The lowest BCUT2D eigenvalue weighted by Gasteiger charge is -2.25. The lowest BCUT2D eigenvalue weighted by molar-refractivity contribution is 0.0217. The minimum atomic E-state index is 0.0103. The van der Waals surface area contributed by atoms with Crippen LogP contribution in [0.1, 0.15) is 43.0 Å². The first-order valence-electron chi connectivity index (χ1n) is 6.55. The van der Waals surface area contributed by atoms with Crippen LogP contribution < -0.4 is 0 Å². The van der Waals surface area contributed by atoms with Gasteiger partial charge in [-0.25, -0.2) is 0 Å². The Morgan fingerprint density at radius 2 is 2.06 bits per heavy atom. The SMILES string of the molecule is CC1CCC(OCC(=O)c2cccc(Cl)c2)CC1. The van der Waals surface area contributed by atoms with Crippen molar-refractivity contribution in [3.05, 3.63) is 34.9 Å². The molecule has 0 N–H and O–H groups in total. The molecule has 1 saturated carbocycles. The molecule has 2 rings (SSSR count). The lowest BCUT2D eigenvalue weighted by Crippen LogP contribution is -2.23. The molecular formula is C15H19ClO2. The summed E-state index contributed by atoms with van der Waals surface area (Å²) >= 11 is 5.86. The average Bonchev–Trinajstić information content (AvgIpc) is 2.38. The van der Waals surface area contributed by atoms with E-state index in [9.17, 15) is 4.79 Å². The van der Waals surface area contributed by atoms with E-state index in [-0.39, 0.29) is 18.5 Å². The standard InChI is InChI=1S/C15H19ClO2/c1-11-5-7-14(8-6-11)18-10-15(17)12-3-2-4-13(16)9-12/h2-4,9,11,14H,5-8,10H2,1H3. The fourth-order valence-electron chi connectivity index (χ4n) is 2.33. The predicted octanol–water partition coefficient (Wildman–Crippen LogP) is 4.12. The van der Waals surface area contributed by atoms with Gasteiger partial charge in [0.15, 0.2) is 5.78 Å². The van der Waals surface area contributed by atoms with Gasteiger partial charge in [0.25, 0.3) is 0 Å². The highest BCUT2D eigenvalue weighted by Gasteiger charge is 2.19. The molecule has 3 heteroatoms. The lowest BCUT2D eigenvalue weighted by atomic mass is 9.89. The summed E-state index contributed by atoms with van der Waals surface area (Å²) in [4.78, 5) is 11.9. The van der Waals surface area contributed by atoms with Crippen LogP contribution in [0.3, 0.4) is 0 Å². The van der Waals surface area contributed by atoms with Crippen LogP contribution in [-0.2, 0) is 4.74 Å². The smallest absolute Gasteiger partial charge is 0.188 e. The molecule has 0 aliphatic heterocycles. The molecule has 0 atom stereocenters. The van der Waals surface area contributed by atoms with Crippen molar-refractivity contribution in [2.45, 2.75) is 38.7 Å². The molecule has 1 aliphatic carbocycles. The van der Waals surface area contributed by atoms with E-state index in [2.05, 4.69) is 6.92 Å². The number of hydrogen-bond acceptors (Lipinski definition) is 2. The minimum Gasteiger partial charge on any atom is -0.370 e. The molecule has 0 amide bonds. The van der Waals surface area contributed by atoms with Crippen LogP contribution in [-0.4, -0.2) is 18.5 Å². The molecule has 1 fully saturated rings. The Morgan fingerprint density at radius 1 is 1.33 bits per heavy atom. The summed E-state index contributed by atoms with van der Waals surface area (Å²) in [5, 5.41) is 0.590. The average molecular weight is 267 g/mol. The van der Waals surface area contributed by atoms with Crippen LogP contribution in [0.25, 0.3) is 0 Å². The Labute approximate surface area is 113 Å². The molecule has 0 saturated heterocycles. The van der Waals surface area contributed by atoms with Crippen LogP contribution in [0.5, 0.6) is 0 Å². The second-order valence-electron chi connectivity index (χ2n) is 5.13. The van der Waals surface area contributed by atoms with E-state index in [0.29, 0.717) is 10.6 Å². The maximum Gasteiger partial charge on any atom is 0.188 e. The van der Waals surface area contributed by atoms with Gasteiger partial charge in [0.1, 0.15) is 6.61 Å². The zero-order valence-corrected chi connectivity index (χ0v) is 11.5. The maximum atomic E-state index is 11.9. The summed E-state index contributed by atoms with van der Waals surface area (Å²) in [5.74, 6) is 0.810. The van der Waals surface area contributed by atoms with E-state index in [1.807, 2.05) is 0 Å². The molecule has 1 aliphatic rings. The van der Waals surface area contributed by atoms with Gasteiger partial charge >= 0.3 is 0 Å². The largest absolute Gasteiger partial charge is 0.370 e. The van der Waals surface area contributed by atoms with Crippen molar-refractivity contribution >= 4 is 17.4 Å². The fourth-order valence-corrected chi connectivity index (χ4v) is 2.53. The van der Waals surface area contributed by atoms with E-state index in [1.54, 1.807) is 24.3 Å². The Kier molecular flexibility index (Phi) is 4.79. The van der Waals surface area contributed by atoms with Crippen molar-refractivity contribution in [3.63, 3.8) is 0 Å². The number of ether oxygens (including phenoxy) is 1. The van der Waals surface area contributed by atoms with Crippen molar-refractivity contribution in [2.24, 2.45) is 5.92 Å². The summed E-state index contributed by atoms with van der Waals surface area (Å²) in [6.07, 6.45) is 4.81. The summed E-state index contributed by atoms with van der Waals surface area (Å²) in [7, 11) is 0. The molecule has 1 aromatic carbocycles. The van der Waals surface area contributed by atoms with Gasteiger partial charge in [-0.15, -0.1) is 0 Å². The Bertz CT molecular complexity index is 409. The third-order valence-electron chi connectivity index (χ3n) is 3.56. The quantitative estimate of drug-likeness (QED) is 0.767. The van der Waals surface area contributed by atoms with Crippen LogP contribution in [0.4, 0.5) is 0 Å². The number of hydrogen-bond donors (Lipinski definition) is 0. The molecule has 1 aromatic rings. The molecule has 98 valence electrons. The molecule has 0 spiro atoms. The zero-order chi connectivity index (χ0) is 13.0. The van der Waals surface area contributed by atoms with Crippen LogP contribution in [0.2, 0.25) is 5.02 Å². The topological polar surface area (TPSA) is 26.3 Å². The van der Waals surface area contributed by atoms with E-state index in [1.165, 1.54) is 12.8 Å². The van der Waals surface area contributed by atoms with Crippen molar-refractivity contribution in [1.82, 2.24) is 0 Å². The summed E-state index contributed by atoms with van der Waals surface area (Å²) in [5.41, 5.74) is 0.631. The Balaban J connectivity index is 1.81. The maximum absolute atomic E-state index is 11.9. The number of ketones is 1. The number of Topliss-reactive ketones (excluding diaryl/α,β-unsaturated/α-hetero) is 1. The monoisotopic (exact) mass is 266 g/mol. The summed E-state index contributed by atoms with van der Waals surface area (Å²) in [6, 6.07) is 7.02. The predicted molar refractivity (Wildman–Crippen MR) is 73.2 cm³/mol. The van der Waals surface area contributed by atoms with Gasteiger partial charge in [-0.3, -0.25) is 4.79 Å². The highest BCUT2D eigenvalue weighted by atomic mass is 35.5. The summed E-state index contributed by atoms with van der Waals surface area (Å²) in [6.45, 7) is 2.44. The van der Waals surface area contributed by atoms with Gasteiger partial charge in [-0.1, -0.05) is 30.7 Å². The third-order valence-corrected chi connectivity index (χ3v) is 3.79. The van der Waals surface area contributed by atoms with Crippen molar-refractivity contribution in [3.8, 4) is 0 Å². The molecular weight excluding hydrogens is 248 g/mol. The molecule has 0 aromatic heterocycles. The van der Waals surface area contributed by atoms with Gasteiger partial charge in [-0.2, -0.15) is 0 Å². The van der Waals surface area contributed by atoms with Crippen LogP contribution in [0.15, 0.2) is 24.3 Å². The number of carbonyl (C=O) groups is 1. The van der Waals surface area contributed by atoms with Gasteiger partial charge in [0.05, 0.1) is 6.10 Å². The van der Waals surface area contributed by atoms with Crippen LogP contribution in [0, 0.1) is 5.92 Å². The highest BCUT2D eigenvalue weighted by Crippen LogP contribution is 2.25. The molecule has 0 radical (unpaired) electrons. The highest BCUT2D eigenvalue weighted by molar-refractivity contribution is 6.31. The molecule has 0 heterocycles. The first-order chi connectivity index (χ1) is 8.65. The van der Waals surface area contributed by atoms with Gasteiger partial charge in [-0.05, 0) is 43.7 Å². The number of rotatable bonds is 4. The Morgan fingerprint density at radius 3 is 2.72 bits per heavy atom. The first-order valence-corrected chi connectivity index (χ1v) is 6.93. The second-order valence-corrected chi connectivity index (χ2v) is 5.56. The zero-order valence-electron chi connectivity index (χ0n) is 10.7. The number of halogens is 1. The van der Waals surface area contributed by atoms with E-state index < -0.39 is 0 Å². The number of carbonyl (C=O) groups excluding carboxylic acids is 1. The molecule has 18 heavy (non-hydrogen) atoms.